The summed E-state index contributed by atoms with van der Waals surface area (Å²) in [6, 6.07) is 7.49. The van der Waals surface area contributed by atoms with Crippen molar-refractivity contribution in [3.05, 3.63) is 47.3 Å². The molecule has 124 valence electrons. The number of aryl methyl sites for hydroxylation is 1. The molecule has 1 aromatic carbocycles. The zero-order valence-corrected chi connectivity index (χ0v) is 13.6. The van der Waals surface area contributed by atoms with Crippen molar-refractivity contribution in [3.63, 3.8) is 0 Å². The molecular weight excluding hydrogens is 304 g/mol. The highest BCUT2D eigenvalue weighted by Crippen LogP contribution is 2.34. The van der Waals surface area contributed by atoms with Crippen LogP contribution < -0.4 is 10.6 Å². The van der Waals surface area contributed by atoms with Gasteiger partial charge >= 0.3 is 0 Å². The zero-order valence-electron chi connectivity index (χ0n) is 13.6. The highest BCUT2D eigenvalue weighted by Gasteiger charge is 2.33. The van der Waals surface area contributed by atoms with Crippen molar-refractivity contribution in [2.45, 2.75) is 37.6 Å². The fourth-order valence-electron chi connectivity index (χ4n) is 3.77. The van der Waals surface area contributed by atoms with Gasteiger partial charge in [-0.15, -0.1) is 0 Å². The lowest BCUT2D eigenvalue weighted by Crippen LogP contribution is -2.38. The number of carbonyl (C=O) groups excluding carboxylic acids is 2. The van der Waals surface area contributed by atoms with Crippen LogP contribution in [0.5, 0.6) is 0 Å². The van der Waals surface area contributed by atoms with E-state index in [0.29, 0.717) is 0 Å². The molecule has 0 unspecified atom stereocenters. The summed E-state index contributed by atoms with van der Waals surface area (Å²) in [6.07, 6.45) is 4.97. The lowest BCUT2D eigenvalue weighted by atomic mass is 9.88. The van der Waals surface area contributed by atoms with Crippen LogP contribution in [-0.4, -0.2) is 21.6 Å². The van der Waals surface area contributed by atoms with E-state index < -0.39 is 5.92 Å². The number of nitrogens with one attached hydrogen (secondary N) is 2. The van der Waals surface area contributed by atoms with Crippen LogP contribution in [0.25, 0.3) is 0 Å². The van der Waals surface area contributed by atoms with Gasteiger partial charge in [0.05, 0.1) is 18.2 Å². The molecule has 2 amide bonds. The van der Waals surface area contributed by atoms with Crippen molar-refractivity contribution in [1.29, 1.82) is 0 Å². The Hall–Kier alpha value is -2.63. The molecule has 0 spiro atoms. The molecule has 4 rings (SSSR count). The molecule has 2 heterocycles. The first-order chi connectivity index (χ1) is 11.6. The molecule has 0 saturated carbocycles. The highest BCUT2D eigenvalue weighted by atomic mass is 16.2. The van der Waals surface area contributed by atoms with Crippen molar-refractivity contribution < 1.29 is 9.59 Å². The smallest absolute Gasteiger partial charge is 0.228 e. The number of hydrogen-bond donors (Lipinski definition) is 2. The Balaban J connectivity index is 1.58. The van der Waals surface area contributed by atoms with Crippen LogP contribution in [0.2, 0.25) is 0 Å². The maximum Gasteiger partial charge on any atom is 0.228 e. The Labute approximate surface area is 140 Å². The monoisotopic (exact) mass is 324 g/mol. The van der Waals surface area contributed by atoms with Gasteiger partial charge in [0.2, 0.25) is 11.8 Å². The average molecular weight is 324 g/mol. The van der Waals surface area contributed by atoms with Crippen molar-refractivity contribution in [1.82, 2.24) is 15.1 Å². The second kappa shape index (κ2) is 5.78. The Morgan fingerprint density at radius 2 is 2.17 bits per heavy atom. The van der Waals surface area contributed by atoms with Crippen molar-refractivity contribution in [2.75, 3.05) is 5.32 Å². The Bertz CT molecular complexity index is 811. The first-order valence-electron chi connectivity index (χ1n) is 8.33. The van der Waals surface area contributed by atoms with Crippen LogP contribution in [0.3, 0.4) is 0 Å². The van der Waals surface area contributed by atoms with E-state index in [0.717, 1.165) is 36.1 Å². The van der Waals surface area contributed by atoms with Crippen LogP contribution in [0.1, 0.15) is 48.0 Å². The standard InChI is InChI=1S/C18H20N4O2/c1-22-16-8-4-7-15(13(16)10-19-22)21-18(24)12-9-17(23)20-14-6-3-2-5-11(12)14/h2-3,5-6,10,12,15H,4,7-9H2,1H3,(H,20,23)(H,21,24)/t12-,15-/m0/s1. The van der Waals surface area contributed by atoms with Gasteiger partial charge in [0, 0.05) is 30.4 Å². The Morgan fingerprint density at radius 1 is 1.33 bits per heavy atom. The largest absolute Gasteiger partial charge is 0.349 e. The normalized spacial score (nSPS) is 22.3. The SMILES string of the molecule is Cn1ncc2c1CCC[C@@H]2NC(=O)[C@H]1CC(=O)Nc2ccccc21. The molecule has 0 fully saturated rings. The second-order valence-corrected chi connectivity index (χ2v) is 6.52. The van der Waals surface area contributed by atoms with Crippen LogP contribution in [-0.2, 0) is 23.1 Å². The molecule has 6 nitrogen and oxygen atoms in total. The number of para-hydroxylation sites is 1. The first-order valence-corrected chi connectivity index (χ1v) is 8.33. The molecular formula is C18H20N4O2. The van der Waals surface area contributed by atoms with Gasteiger partial charge in [-0.1, -0.05) is 18.2 Å². The summed E-state index contributed by atoms with van der Waals surface area (Å²) >= 11 is 0. The van der Waals surface area contributed by atoms with Crippen LogP contribution >= 0.6 is 0 Å². The van der Waals surface area contributed by atoms with E-state index in [1.807, 2.05) is 42.2 Å². The van der Waals surface area contributed by atoms with E-state index in [1.54, 1.807) is 0 Å². The summed E-state index contributed by atoms with van der Waals surface area (Å²) in [6.45, 7) is 0. The lowest BCUT2D eigenvalue weighted by molar-refractivity contribution is -0.127. The number of anilines is 1. The molecule has 0 saturated heterocycles. The van der Waals surface area contributed by atoms with Gasteiger partial charge in [-0.3, -0.25) is 14.3 Å². The number of carbonyl (C=O) groups is 2. The van der Waals surface area contributed by atoms with E-state index >= 15 is 0 Å². The minimum atomic E-state index is -0.433. The number of fused-ring (bicyclic) bond motifs is 2. The third-order valence-electron chi connectivity index (χ3n) is 5.01. The van der Waals surface area contributed by atoms with Gasteiger partial charge in [0.1, 0.15) is 0 Å². The summed E-state index contributed by atoms with van der Waals surface area (Å²) in [4.78, 5) is 24.8. The third-order valence-corrected chi connectivity index (χ3v) is 5.01. The van der Waals surface area contributed by atoms with Gasteiger partial charge < -0.3 is 10.6 Å². The number of aromatic nitrogens is 2. The molecule has 2 aromatic rings. The first kappa shape index (κ1) is 14.9. The topological polar surface area (TPSA) is 76.0 Å². The Morgan fingerprint density at radius 3 is 3.04 bits per heavy atom. The molecule has 0 radical (unpaired) electrons. The third kappa shape index (κ3) is 2.48. The summed E-state index contributed by atoms with van der Waals surface area (Å²) in [5.41, 5.74) is 3.91. The molecule has 6 heteroatoms. The number of benzene rings is 1. The molecule has 0 bridgehead atoms. The average Bonchev–Trinajstić information content (AvgIpc) is 2.96. The maximum atomic E-state index is 12.9. The number of hydrogen-bond acceptors (Lipinski definition) is 3. The number of rotatable bonds is 2. The maximum absolute atomic E-state index is 12.9. The second-order valence-electron chi connectivity index (χ2n) is 6.52. The molecule has 1 aliphatic carbocycles. The van der Waals surface area contributed by atoms with Gasteiger partial charge in [-0.2, -0.15) is 5.10 Å². The molecule has 2 N–H and O–H groups in total. The Kier molecular flexibility index (Phi) is 3.59. The van der Waals surface area contributed by atoms with E-state index in [-0.39, 0.29) is 24.3 Å². The zero-order chi connectivity index (χ0) is 16.7. The van der Waals surface area contributed by atoms with E-state index in [2.05, 4.69) is 15.7 Å². The van der Waals surface area contributed by atoms with Crippen LogP contribution in [0.15, 0.2) is 30.5 Å². The van der Waals surface area contributed by atoms with E-state index in [4.69, 9.17) is 0 Å². The molecule has 1 aromatic heterocycles. The number of nitrogens with zero attached hydrogens (tertiary/aromatic N) is 2. The molecule has 24 heavy (non-hydrogen) atoms. The van der Waals surface area contributed by atoms with Crippen LogP contribution in [0, 0.1) is 0 Å². The quantitative estimate of drug-likeness (QED) is 0.887. The summed E-state index contributed by atoms with van der Waals surface area (Å²) < 4.78 is 1.89. The van der Waals surface area contributed by atoms with Gasteiger partial charge in [0.15, 0.2) is 0 Å². The predicted octanol–water partition coefficient (Wildman–Crippen LogP) is 2.04. The van der Waals surface area contributed by atoms with Gasteiger partial charge in [-0.25, -0.2) is 0 Å². The van der Waals surface area contributed by atoms with E-state index in [1.165, 1.54) is 5.69 Å². The van der Waals surface area contributed by atoms with Crippen molar-refractivity contribution in [2.24, 2.45) is 7.05 Å². The fourth-order valence-corrected chi connectivity index (χ4v) is 3.77. The van der Waals surface area contributed by atoms with E-state index in [9.17, 15) is 9.59 Å². The predicted molar refractivity (Wildman–Crippen MR) is 89.5 cm³/mol. The molecule has 2 atom stereocenters. The van der Waals surface area contributed by atoms with Gasteiger partial charge in [-0.05, 0) is 30.9 Å². The minimum absolute atomic E-state index is 0.0212. The molecule has 2 aliphatic rings. The number of amides is 2. The summed E-state index contributed by atoms with van der Waals surface area (Å²) in [7, 11) is 1.94. The summed E-state index contributed by atoms with van der Waals surface area (Å²) in [5.74, 6) is -0.629. The van der Waals surface area contributed by atoms with Crippen molar-refractivity contribution in [3.8, 4) is 0 Å². The highest BCUT2D eigenvalue weighted by molar-refractivity contribution is 6.01. The minimum Gasteiger partial charge on any atom is -0.349 e. The van der Waals surface area contributed by atoms with Gasteiger partial charge in [0.25, 0.3) is 0 Å². The fraction of sp³-hybridized carbons (Fsp3) is 0.389. The van der Waals surface area contributed by atoms with Crippen LogP contribution in [0.4, 0.5) is 5.69 Å². The lowest BCUT2D eigenvalue weighted by Gasteiger charge is -2.29. The summed E-state index contributed by atoms with van der Waals surface area (Å²) in [5, 5.41) is 10.3. The van der Waals surface area contributed by atoms with Crippen molar-refractivity contribution >= 4 is 17.5 Å². The molecule has 1 aliphatic heterocycles.